The Morgan fingerprint density at radius 1 is 0.481 bits per heavy atom. The topological polar surface area (TPSA) is 95.8 Å². The summed E-state index contributed by atoms with van der Waals surface area (Å²) in [5.41, 5.74) is 9.07. The van der Waals surface area contributed by atoms with Crippen LogP contribution in [0.25, 0.3) is 77.7 Å². The maximum absolute atomic E-state index is 8.84. The number of nitrogens with one attached hydrogen (secondary N) is 2. The summed E-state index contributed by atoms with van der Waals surface area (Å²) < 4.78 is 12.0. The number of para-hydroxylation sites is 2. The third-order valence-corrected chi connectivity index (χ3v) is 9.32. The Bertz CT molecular complexity index is 2750. The van der Waals surface area contributed by atoms with E-state index in [4.69, 9.17) is 29.9 Å². The van der Waals surface area contributed by atoms with E-state index >= 15 is 0 Å². The highest BCUT2D eigenvalue weighted by molar-refractivity contribution is 6.15. The van der Waals surface area contributed by atoms with Crippen LogP contribution >= 0.6 is 0 Å². The molecule has 52 heavy (non-hydrogen) atoms. The van der Waals surface area contributed by atoms with Crippen molar-refractivity contribution < 1.29 is 9.15 Å². The van der Waals surface area contributed by atoms with Crippen LogP contribution in [0, 0.1) is 10.8 Å². The monoisotopic (exact) mass is 670 g/mol. The average molecular weight is 671 g/mol. The molecule has 0 saturated carbocycles. The lowest BCUT2D eigenvalue weighted by molar-refractivity contribution is 0.537. The Labute approximate surface area is 299 Å². The molecular weight excluding hydrogens is 641 g/mol. The molecule has 9 rings (SSSR count). The second-order valence-electron chi connectivity index (χ2n) is 12.5. The van der Waals surface area contributed by atoms with Crippen molar-refractivity contribution in [1.29, 1.82) is 10.8 Å². The Balaban J connectivity index is 1.07. The van der Waals surface area contributed by atoms with Crippen molar-refractivity contribution in [3.8, 4) is 45.0 Å². The lowest BCUT2D eigenvalue weighted by Gasteiger charge is -2.15. The Hall–Kier alpha value is -7.18. The summed E-state index contributed by atoms with van der Waals surface area (Å²) in [6, 6.07) is 56.0. The maximum atomic E-state index is 8.84. The summed E-state index contributed by atoms with van der Waals surface area (Å²) >= 11 is 0. The minimum absolute atomic E-state index is 0.117. The van der Waals surface area contributed by atoms with E-state index in [0.717, 1.165) is 66.3 Å². The van der Waals surface area contributed by atoms with Gasteiger partial charge in [0.1, 0.15) is 11.2 Å². The second-order valence-corrected chi connectivity index (χ2v) is 12.5. The molecule has 246 valence electrons. The second kappa shape index (κ2) is 12.9. The smallest absolute Gasteiger partial charge is 0.225 e. The number of benzene rings is 7. The van der Waals surface area contributed by atoms with Crippen LogP contribution in [0.3, 0.4) is 0 Å². The first kappa shape index (κ1) is 30.8. The van der Waals surface area contributed by atoms with Gasteiger partial charge in [-0.25, -0.2) is 9.97 Å². The van der Waals surface area contributed by atoms with Gasteiger partial charge < -0.3 is 9.15 Å². The molecule has 2 aromatic heterocycles. The van der Waals surface area contributed by atoms with Gasteiger partial charge in [0.05, 0.1) is 17.0 Å². The molecule has 0 aliphatic rings. The lowest BCUT2D eigenvalue weighted by atomic mass is 9.92. The molecule has 0 saturated heterocycles. The number of furan rings is 1. The van der Waals surface area contributed by atoms with Crippen molar-refractivity contribution in [2.45, 2.75) is 0 Å². The van der Waals surface area contributed by atoms with E-state index in [2.05, 4.69) is 36.4 Å². The first-order valence-electron chi connectivity index (χ1n) is 17.0. The van der Waals surface area contributed by atoms with Gasteiger partial charge in [-0.1, -0.05) is 140 Å². The molecule has 0 bridgehead atoms. The Morgan fingerprint density at radius 2 is 1.13 bits per heavy atom. The maximum Gasteiger partial charge on any atom is 0.225 e. The van der Waals surface area contributed by atoms with E-state index in [1.54, 1.807) is 6.07 Å². The molecule has 0 aliphatic carbocycles. The van der Waals surface area contributed by atoms with Crippen molar-refractivity contribution in [2.24, 2.45) is 0 Å². The lowest BCUT2D eigenvalue weighted by Crippen LogP contribution is -2.13. The molecular formula is C46H30N4O2. The van der Waals surface area contributed by atoms with Crippen LogP contribution < -0.4 is 0 Å². The summed E-state index contributed by atoms with van der Waals surface area (Å²) in [5, 5.41) is 21.5. The van der Waals surface area contributed by atoms with Gasteiger partial charge in [0.25, 0.3) is 0 Å². The molecule has 7 aromatic carbocycles. The molecule has 9 aromatic rings. The van der Waals surface area contributed by atoms with Crippen LogP contribution in [0.2, 0.25) is 0 Å². The van der Waals surface area contributed by atoms with E-state index in [-0.39, 0.29) is 11.8 Å². The molecule has 0 fully saturated rings. The number of rotatable bonds is 6. The highest BCUT2D eigenvalue weighted by Gasteiger charge is 2.19. The highest BCUT2D eigenvalue weighted by atomic mass is 16.5. The van der Waals surface area contributed by atoms with E-state index in [1.807, 2.05) is 127 Å². The van der Waals surface area contributed by atoms with Crippen LogP contribution in [0.4, 0.5) is 0 Å². The van der Waals surface area contributed by atoms with Gasteiger partial charge in [0, 0.05) is 33.0 Å². The number of hydrogen-bond acceptors (Lipinski definition) is 6. The van der Waals surface area contributed by atoms with Gasteiger partial charge in [0.2, 0.25) is 11.8 Å². The number of ether oxygens (including phenoxy) is 1. The number of nitrogens with zero attached hydrogens (tertiary/aromatic N) is 2. The largest absolute Gasteiger partial charge is 0.455 e. The molecule has 0 amide bonds. The quantitative estimate of drug-likeness (QED) is 0.136. The Morgan fingerprint density at radius 3 is 1.96 bits per heavy atom. The molecule has 2 heterocycles. The number of fused-ring (bicyclic) bond motifs is 4. The molecule has 6 nitrogen and oxygen atoms in total. The SMILES string of the molecule is N=C(OC(=N)c1cccc2c1oc1ccccc12)c1ccc2c(-c3ccccc3-c3cc(-c4ccccc4)nc(-c4ccccc4)n3)cccc2c1. The van der Waals surface area contributed by atoms with Crippen LogP contribution in [0.15, 0.2) is 174 Å². The number of aromatic nitrogens is 2. The van der Waals surface area contributed by atoms with Crippen molar-refractivity contribution >= 4 is 44.5 Å². The van der Waals surface area contributed by atoms with Crippen LogP contribution in [0.5, 0.6) is 0 Å². The Kier molecular flexibility index (Phi) is 7.67. The van der Waals surface area contributed by atoms with Crippen LogP contribution in [-0.2, 0) is 4.74 Å². The van der Waals surface area contributed by atoms with Crippen molar-refractivity contribution in [3.05, 3.63) is 181 Å². The van der Waals surface area contributed by atoms with Crippen molar-refractivity contribution in [1.82, 2.24) is 9.97 Å². The predicted octanol–water partition coefficient (Wildman–Crippen LogP) is 11.6. The molecule has 6 heteroatoms. The first-order valence-corrected chi connectivity index (χ1v) is 17.0. The highest BCUT2D eigenvalue weighted by Crippen LogP contribution is 2.38. The molecule has 0 atom stereocenters. The third-order valence-electron chi connectivity index (χ3n) is 9.32. The van der Waals surface area contributed by atoms with Crippen LogP contribution in [-0.4, -0.2) is 21.8 Å². The van der Waals surface area contributed by atoms with E-state index in [9.17, 15) is 0 Å². The van der Waals surface area contributed by atoms with E-state index in [1.165, 1.54) is 0 Å². The average Bonchev–Trinajstić information content (AvgIpc) is 3.60. The molecule has 0 aliphatic heterocycles. The van der Waals surface area contributed by atoms with E-state index in [0.29, 0.717) is 22.5 Å². The number of hydrogen-bond donors (Lipinski definition) is 2. The normalized spacial score (nSPS) is 11.2. The van der Waals surface area contributed by atoms with Gasteiger partial charge in [0.15, 0.2) is 5.82 Å². The minimum Gasteiger partial charge on any atom is -0.455 e. The standard InChI is InChI=1S/C46H30N4O2/c47-44(52-45(48)39-23-12-22-38-37-20-9-10-24-42(37)51-43(38)39)32-25-26-33-31(27-32)17-11-21-34(33)35-18-7-8-19-36(35)41-28-40(29-13-3-1-4-14-29)49-46(50-41)30-15-5-2-6-16-30/h1-28,47-48H. The zero-order valence-corrected chi connectivity index (χ0v) is 27.9. The summed E-state index contributed by atoms with van der Waals surface area (Å²) in [4.78, 5) is 10.1. The summed E-state index contributed by atoms with van der Waals surface area (Å²) in [6.07, 6.45) is 0. The summed E-state index contributed by atoms with van der Waals surface area (Å²) in [5.74, 6) is 0.399. The van der Waals surface area contributed by atoms with E-state index < -0.39 is 0 Å². The fourth-order valence-electron chi connectivity index (χ4n) is 6.80. The predicted molar refractivity (Wildman–Crippen MR) is 210 cm³/mol. The fraction of sp³-hybridized carbons (Fsp3) is 0. The van der Waals surface area contributed by atoms with Gasteiger partial charge in [-0.05, 0) is 52.2 Å². The molecule has 2 N–H and O–H groups in total. The zero-order chi connectivity index (χ0) is 35.0. The molecule has 0 radical (unpaired) electrons. The van der Waals surface area contributed by atoms with Crippen molar-refractivity contribution in [3.63, 3.8) is 0 Å². The van der Waals surface area contributed by atoms with Crippen LogP contribution in [0.1, 0.15) is 11.1 Å². The summed E-state index contributed by atoms with van der Waals surface area (Å²) in [7, 11) is 0. The minimum atomic E-state index is -0.146. The van der Waals surface area contributed by atoms with Crippen molar-refractivity contribution in [2.75, 3.05) is 0 Å². The van der Waals surface area contributed by atoms with Gasteiger partial charge in [-0.2, -0.15) is 0 Å². The summed E-state index contributed by atoms with van der Waals surface area (Å²) in [6.45, 7) is 0. The molecule has 0 spiro atoms. The molecule has 0 unspecified atom stereocenters. The van der Waals surface area contributed by atoms with Gasteiger partial charge in [-0.3, -0.25) is 10.8 Å². The zero-order valence-electron chi connectivity index (χ0n) is 27.9. The van der Waals surface area contributed by atoms with Gasteiger partial charge >= 0.3 is 0 Å². The van der Waals surface area contributed by atoms with Gasteiger partial charge in [-0.15, -0.1) is 0 Å². The third kappa shape index (κ3) is 5.58. The fourth-order valence-corrected chi connectivity index (χ4v) is 6.80. The first-order chi connectivity index (χ1) is 25.6.